The minimum atomic E-state index is -0.138. The Kier molecular flexibility index (Phi) is 3.81. The van der Waals surface area contributed by atoms with Crippen LogP contribution < -0.4 is 9.47 Å². The van der Waals surface area contributed by atoms with Gasteiger partial charge in [0.15, 0.2) is 11.5 Å². The molecule has 1 aromatic heterocycles. The Morgan fingerprint density at radius 1 is 1.36 bits per heavy atom. The van der Waals surface area contributed by atoms with Crippen molar-refractivity contribution < 1.29 is 19.1 Å². The van der Waals surface area contributed by atoms with Crippen molar-refractivity contribution >= 4 is 29.0 Å². The number of hydrogen-bond acceptors (Lipinski definition) is 5. The minimum absolute atomic E-state index is 0.00379. The lowest BCUT2D eigenvalue weighted by Gasteiger charge is -2.04. The molecule has 0 unspecified atom stereocenters. The number of aryl methyl sites for hydroxylation is 1. The summed E-state index contributed by atoms with van der Waals surface area (Å²) in [6.07, 6.45) is 1.76. The van der Waals surface area contributed by atoms with E-state index < -0.39 is 0 Å². The van der Waals surface area contributed by atoms with E-state index in [1.807, 2.05) is 18.4 Å². The Morgan fingerprint density at radius 2 is 2.18 bits per heavy atom. The third-order valence-electron chi connectivity index (χ3n) is 3.25. The number of allylic oxidation sites excluding steroid dienone is 1. The number of Topliss-reactive ketones (excluding diaryl/α,β-unsaturated/α-hetero) is 2. The topological polar surface area (TPSA) is 52.6 Å². The average Bonchev–Trinajstić information content (AvgIpc) is 3.02. The van der Waals surface area contributed by atoms with E-state index in [1.54, 1.807) is 35.6 Å². The molecule has 1 aromatic carbocycles. The molecule has 1 aliphatic rings. The number of ether oxygens (including phenoxy) is 2. The second kappa shape index (κ2) is 5.77. The molecule has 1 aliphatic heterocycles. The Hall–Kier alpha value is -2.40. The van der Waals surface area contributed by atoms with Crippen LogP contribution in [0.25, 0.3) is 6.08 Å². The van der Waals surface area contributed by atoms with Crippen molar-refractivity contribution in [2.45, 2.75) is 13.8 Å². The van der Waals surface area contributed by atoms with Gasteiger partial charge in [-0.25, -0.2) is 0 Å². The third kappa shape index (κ3) is 2.80. The van der Waals surface area contributed by atoms with Crippen molar-refractivity contribution in [3.63, 3.8) is 0 Å². The Morgan fingerprint density at radius 3 is 2.86 bits per heavy atom. The number of hydrogen-bond donors (Lipinski definition) is 0. The summed E-state index contributed by atoms with van der Waals surface area (Å²) in [6.45, 7) is 3.45. The fourth-order valence-electron chi connectivity index (χ4n) is 2.09. The highest BCUT2D eigenvalue weighted by molar-refractivity contribution is 7.11. The maximum absolute atomic E-state index is 12.3. The van der Waals surface area contributed by atoms with Crippen LogP contribution in [0.15, 0.2) is 35.4 Å². The summed E-state index contributed by atoms with van der Waals surface area (Å²) in [6, 6.07) is 6.97. The zero-order chi connectivity index (χ0) is 15.7. The van der Waals surface area contributed by atoms with Crippen LogP contribution in [0.5, 0.6) is 11.5 Å². The summed E-state index contributed by atoms with van der Waals surface area (Å²) in [5, 5.41) is 1.97. The fourth-order valence-corrected chi connectivity index (χ4v) is 2.94. The molecular formula is C17H14O4S. The first kappa shape index (κ1) is 14.5. The van der Waals surface area contributed by atoms with Crippen molar-refractivity contribution in [1.82, 2.24) is 0 Å². The summed E-state index contributed by atoms with van der Waals surface area (Å²) in [5.74, 6) is 1.08. The number of benzene rings is 1. The number of rotatable bonds is 4. The minimum Gasteiger partial charge on any atom is -0.486 e. The van der Waals surface area contributed by atoms with Gasteiger partial charge in [0.05, 0.1) is 5.56 Å². The monoisotopic (exact) mass is 314 g/mol. The first-order chi connectivity index (χ1) is 10.5. The normalized spacial score (nSPS) is 14.8. The van der Waals surface area contributed by atoms with Gasteiger partial charge in [0.1, 0.15) is 18.1 Å². The van der Waals surface area contributed by atoms with Gasteiger partial charge in [0.2, 0.25) is 5.78 Å². The summed E-state index contributed by atoms with van der Waals surface area (Å²) in [5.41, 5.74) is 1.62. The van der Waals surface area contributed by atoms with Gasteiger partial charge in [-0.15, -0.1) is 11.3 Å². The molecule has 4 nitrogen and oxygen atoms in total. The average molecular weight is 314 g/mol. The van der Waals surface area contributed by atoms with Gasteiger partial charge in [0, 0.05) is 17.0 Å². The van der Waals surface area contributed by atoms with E-state index in [9.17, 15) is 9.59 Å². The standard InChI is InChI=1S/C17H14O4S/c1-10-5-6-22-16(10)8-15-17(19)13-4-3-12(7-14(13)21-15)20-9-11(2)18/h3-8H,9H2,1-2H3/b15-8-. The van der Waals surface area contributed by atoms with Crippen LogP contribution in [0.3, 0.4) is 0 Å². The second-order valence-electron chi connectivity index (χ2n) is 5.06. The quantitative estimate of drug-likeness (QED) is 0.809. The molecule has 0 saturated carbocycles. The molecule has 0 spiro atoms. The summed E-state index contributed by atoms with van der Waals surface area (Å²) in [7, 11) is 0. The number of carbonyl (C=O) groups excluding carboxylic acids is 2. The van der Waals surface area contributed by atoms with Crippen LogP contribution >= 0.6 is 11.3 Å². The van der Waals surface area contributed by atoms with Gasteiger partial charge in [0.25, 0.3) is 0 Å². The summed E-state index contributed by atoms with van der Waals surface area (Å²) >= 11 is 1.56. The number of fused-ring (bicyclic) bond motifs is 1. The van der Waals surface area contributed by atoms with Crippen molar-refractivity contribution in [2.75, 3.05) is 6.61 Å². The van der Waals surface area contributed by atoms with Gasteiger partial charge >= 0.3 is 0 Å². The molecule has 0 fully saturated rings. The lowest BCUT2D eigenvalue weighted by molar-refractivity contribution is -0.118. The van der Waals surface area contributed by atoms with E-state index in [-0.39, 0.29) is 18.2 Å². The second-order valence-corrected chi connectivity index (χ2v) is 6.00. The lowest BCUT2D eigenvalue weighted by atomic mass is 10.1. The van der Waals surface area contributed by atoms with Crippen LogP contribution in [0.4, 0.5) is 0 Å². The smallest absolute Gasteiger partial charge is 0.232 e. The van der Waals surface area contributed by atoms with Crippen molar-refractivity contribution in [1.29, 1.82) is 0 Å². The van der Waals surface area contributed by atoms with E-state index in [1.165, 1.54) is 6.92 Å². The summed E-state index contributed by atoms with van der Waals surface area (Å²) in [4.78, 5) is 24.3. The van der Waals surface area contributed by atoms with Crippen LogP contribution in [0, 0.1) is 6.92 Å². The molecule has 0 radical (unpaired) electrons. The highest BCUT2D eigenvalue weighted by Gasteiger charge is 2.28. The first-order valence-corrected chi connectivity index (χ1v) is 7.67. The van der Waals surface area contributed by atoms with Crippen LogP contribution in [0.1, 0.15) is 27.7 Å². The van der Waals surface area contributed by atoms with E-state index in [4.69, 9.17) is 9.47 Å². The number of thiophene rings is 1. The molecule has 0 amide bonds. The van der Waals surface area contributed by atoms with Crippen molar-refractivity contribution in [3.8, 4) is 11.5 Å². The van der Waals surface area contributed by atoms with E-state index in [0.717, 1.165) is 10.4 Å². The molecule has 112 valence electrons. The number of carbonyl (C=O) groups is 2. The molecule has 2 aromatic rings. The molecule has 0 saturated heterocycles. The molecule has 22 heavy (non-hydrogen) atoms. The first-order valence-electron chi connectivity index (χ1n) is 6.79. The molecule has 0 N–H and O–H groups in total. The SMILES string of the molecule is CC(=O)COc1ccc2c(c1)O/C(=C\c1sccc1C)C2=O. The van der Waals surface area contributed by atoms with Crippen LogP contribution in [-0.4, -0.2) is 18.2 Å². The lowest BCUT2D eigenvalue weighted by Crippen LogP contribution is -2.06. The predicted molar refractivity (Wildman–Crippen MR) is 84.6 cm³/mol. The largest absolute Gasteiger partial charge is 0.486 e. The van der Waals surface area contributed by atoms with Crippen molar-refractivity contribution in [3.05, 3.63) is 51.4 Å². The molecule has 0 bridgehead atoms. The van der Waals surface area contributed by atoms with Gasteiger partial charge < -0.3 is 9.47 Å². The molecule has 5 heteroatoms. The third-order valence-corrected chi connectivity index (χ3v) is 4.21. The highest BCUT2D eigenvalue weighted by atomic mass is 32.1. The maximum atomic E-state index is 12.3. The van der Waals surface area contributed by atoms with Gasteiger partial charge in [-0.2, -0.15) is 0 Å². The maximum Gasteiger partial charge on any atom is 0.232 e. The zero-order valence-electron chi connectivity index (χ0n) is 12.2. The Balaban J connectivity index is 1.86. The molecular weight excluding hydrogens is 300 g/mol. The van der Waals surface area contributed by atoms with Gasteiger partial charge in [-0.05, 0) is 43.0 Å². The molecule has 0 atom stereocenters. The summed E-state index contributed by atoms with van der Waals surface area (Å²) < 4.78 is 11.0. The predicted octanol–water partition coefficient (Wildman–Crippen LogP) is 3.64. The number of ketones is 2. The van der Waals surface area contributed by atoms with Crippen LogP contribution in [0.2, 0.25) is 0 Å². The van der Waals surface area contributed by atoms with E-state index in [0.29, 0.717) is 22.8 Å². The van der Waals surface area contributed by atoms with Gasteiger partial charge in [-0.3, -0.25) is 9.59 Å². The molecule has 3 rings (SSSR count). The van der Waals surface area contributed by atoms with Crippen molar-refractivity contribution in [2.24, 2.45) is 0 Å². The fraction of sp³-hybridized carbons (Fsp3) is 0.176. The van der Waals surface area contributed by atoms with E-state index in [2.05, 4.69) is 0 Å². The van der Waals surface area contributed by atoms with E-state index >= 15 is 0 Å². The Labute approximate surface area is 132 Å². The van der Waals surface area contributed by atoms with Gasteiger partial charge in [-0.1, -0.05) is 0 Å². The Bertz CT molecular complexity index is 786. The zero-order valence-corrected chi connectivity index (χ0v) is 13.0. The molecule has 0 aliphatic carbocycles. The highest BCUT2D eigenvalue weighted by Crippen LogP contribution is 2.35. The molecule has 2 heterocycles. The van der Waals surface area contributed by atoms with Crippen LogP contribution in [-0.2, 0) is 4.79 Å².